The van der Waals surface area contributed by atoms with E-state index in [1.807, 2.05) is 79.5 Å². The molecule has 9 nitrogen and oxygen atoms in total. The summed E-state index contributed by atoms with van der Waals surface area (Å²) in [5.74, 6) is 0.377. The smallest absolute Gasteiger partial charge is 0.222 e. The Morgan fingerprint density at radius 3 is 1.26 bits per heavy atom. The van der Waals surface area contributed by atoms with E-state index in [1.54, 1.807) is 7.11 Å². The lowest BCUT2D eigenvalue weighted by Gasteiger charge is -2.19. The first-order valence-corrected chi connectivity index (χ1v) is 16.1. The average Bonchev–Trinajstić information content (AvgIpc) is 3.03. The molecule has 2 amide bonds. The number of carbonyl (C=O) groups is 2. The lowest BCUT2D eigenvalue weighted by Crippen LogP contribution is -2.29. The minimum atomic E-state index is 0. The number of methoxy groups -OCH3 is 1. The van der Waals surface area contributed by atoms with Gasteiger partial charge in [0.25, 0.3) is 0 Å². The first-order chi connectivity index (χ1) is 20.5. The number of nitrogens with two attached hydrogens (primary N) is 1. The van der Waals surface area contributed by atoms with E-state index >= 15 is 0 Å². The second kappa shape index (κ2) is 52.6. The van der Waals surface area contributed by atoms with Crippen LogP contribution in [0.15, 0.2) is 49.1 Å². The Bertz CT molecular complexity index is 700. The fourth-order valence-electron chi connectivity index (χ4n) is 2.27. The van der Waals surface area contributed by atoms with Crippen LogP contribution in [0.5, 0.6) is 0 Å². The predicted molar refractivity (Wildman–Crippen MR) is 217 cm³/mol. The lowest BCUT2D eigenvalue weighted by atomic mass is 10.3. The SMILES string of the molecule is C.C.C.C=C(CC)N(C)C.C=C(CC)N(C)CCOC.C=C(CC)NC.C=C(N)CC.CCC(=O)N(CC)CC.CCNC(=O)CC. The number of allylic oxidation sites excluding steroid dienone is 4. The fourth-order valence-corrected chi connectivity index (χ4v) is 2.27. The van der Waals surface area contributed by atoms with Gasteiger partial charge in [0.2, 0.25) is 11.8 Å². The summed E-state index contributed by atoms with van der Waals surface area (Å²) in [6, 6.07) is 0. The highest BCUT2D eigenvalue weighted by Crippen LogP contribution is 2.01. The van der Waals surface area contributed by atoms with Crippen LogP contribution in [0.3, 0.4) is 0 Å². The number of amides is 2. The first kappa shape index (κ1) is 66.5. The van der Waals surface area contributed by atoms with Crippen LogP contribution in [0.4, 0.5) is 0 Å². The van der Waals surface area contributed by atoms with Gasteiger partial charge in [-0.15, -0.1) is 0 Å². The number of nitrogens with zero attached hydrogens (tertiary/aromatic N) is 3. The largest absolute Gasteiger partial charge is 0.403 e. The summed E-state index contributed by atoms with van der Waals surface area (Å²) in [6.07, 6.45) is 5.19. The van der Waals surface area contributed by atoms with Crippen molar-refractivity contribution in [2.45, 2.75) is 123 Å². The molecule has 0 aromatic rings. The zero-order valence-corrected chi connectivity index (χ0v) is 31.8. The van der Waals surface area contributed by atoms with Gasteiger partial charge in [0.15, 0.2) is 0 Å². The number of hydrogen-bond donors (Lipinski definition) is 3. The van der Waals surface area contributed by atoms with Gasteiger partial charge in [0, 0.05) is 97.1 Å². The summed E-state index contributed by atoms with van der Waals surface area (Å²) >= 11 is 0. The molecule has 0 aromatic carbocycles. The van der Waals surface area contributed by atoms with Gasteiger partial charge < -0.3 is 35.8 Å². The predicted octanol–water partition coefficient (Wildman–Crippen LogP) is 8.66. The van der Waals surface area contributed by atoms with Gasteiger partial charge in [-0.2, -0.15) is 0 Å². The van der Waals surface area contributed by atoms with Crippen LogP contribution in [-0.4, -0.2) is 94.6 Å². The Hall–Kier alpha value is -2.94. The Kier molecular flexibility index (Phi) is 74.4. The van der Waals surface area contributed by atoms with Gasteiger partial charge in [0.05, 0.1) is 6.61 Å². The van der Waals surface area contributed by atoms with Crippen LogP contribution in [0.2, 0.25) is 0 Å². The van der Waals surface area contributed by atoms with Gasteiger partial charge in [-0.05, 0) is 46.5 Å². The molecule has 4 N–H and O–H groups in total. The Morgan fingerprint density at radius 1 is 0.702 bits per heavy atom. The molecule has 0 aromatic heterocycles. The quantitative estimate of drug-likeness (QED) is 0.160. The minimum absolute atomic E-state index is 0. The number of ether oxygens (including phenoxy) is 1. The van der Waals surface area contributed by atoms with Crippen molar-refractivity contribution in [1.82, 2.24) is 25.3 Å². The van der Waals surface area contributed by atoms with Crippen molar-refractivity contribution in [3.8, 4) is 0 Å². The van der Waals surface area contributed by atoms with E-state index in [-0.39, 0.29) is 34.1 Å². The highest BCUT2D eigenvalue weighted by molar-refractivity contribution is 5.75. The summed E-state index contributed by atoms with van der Waals surface area (Å²) < 4.78 is 4.92. The molecule has 288 valence electrons. The van der Waals surface area contributed by atoms with Crippen molar-refractivity contribution in [2.75, 3.05) is 68.1 Å². The van der Waals surface area contributed by atoms with Crippen LogP contribution < -0.4 is 16.4 Å². The van der Waals surface area contributed by atoms with Crippen molar-refractivity contribution in [3.63, 3.8) is 0 Å². The second-order valence-electron chi connectivity index (χ2n) is 9.59. The Labute approximate surface area is 297 Å². The number of rotatable bonds is 15. The van der Waals surface area contributed by atoms with Gasteiger partial charge in [-0.3, -0.25) is 9.59 Å². The third-order valence-electron chi connectivity index (χ3n) is 5.97. The Balaban J connectivity index is -0.0000000527. The fraction of sp³-hybridized carbons (Fsp3) is 0.737. The molecular weight excluding hydrogens is 588 g/mol. The summed E-state index contributed by atoms with van der Waals surface area (Å²) in [6.45, 7) is 36.8. The molecule has 0 heterocycles. The third kappa shape index (κ3) is 62.6. The average molecular weight is 677 g/mol. The van der Waals surface area contributed by atoms with Gasteiger partial charge in [-0.1, -0.05) is 90.1 Å². The molecule has 0 rings (SSSR count). The van der Waals surface area contributed by atoms with Crippen LogP contribution >= 0.6 is 0 Å². The van der Waals surface area contributed by atoms with E-state index in [4.69, 9.17) is 10.5 Å². The number of nitrogens with one attached hydrogen (secondary N) is 2. The highest BCUT2D eigenvalue weighted by atomic mass is 16.5. The third-order valence-corrected chi connectivity index (χ3v) is 5.97. The molecular formula is C38H88N6O3. The molecule has 0 aliphatic rings. The zero-order chi connectivity index (χ0) is 36.1. The molecule has 0 bridgehead atoms. The minimum Gasteiger partial charge on any atom is -0.403 e. The molecule has 0 saturated carbocycles. The number of hydrogen-bond acceptors (Lipinski definition) is 7. The molecule has 0 saturated heterocycles. The molecule has 0 atom stereocenters. The van der Waals surface area contributed by atoms with Crippen molar-refractivity contribution in [2.24, 2.45) is 5.73 Å². The second-order valence-corrected chi connectivity index (χ2v) is 9.59. The lowest BCUT2D eigenvalue weighted by molar-refractivity contribution is -0.130. The summed E-state index contributed by atoms with van der Waals surface area (Å²) in [5, 5.41) is 5.58. The molecule has 0 spiro atoms. The van der Waals surface area contributed by atoms with Crippen LogP contribution in [-0.2, 0) is 14.3 Å². The van der Waals surface area contributed by atoms with Crippen LogP contribution in [0.1, 0.15) is 123 Å². The summed E-state index contributed by atoms with van der Waals surface area (Å²) in [7, 11) is 9.64. The number of likely N-dealkylation sites (N-methyl/N-ethyl adjacent to an activating group) is 1. The van der Waals surface area contributed by atoms with Crippen molar-refractivity contribution in [1.29, 1.82) is 0 Å². The molecule has 0 unspecified atom stereocenters. The maximum atomic E-state index is 10.9. The van der Waals surface area contributed by atoms with E-state index in [0.717, 1.165) is 75.6 Å². The zero-order valence-electron chi connectivity index (χ0n) is 31.8. The molecule has 47 heavy (non-hydrogen) atoms. The molecule has 0 fully saturated rings. The first-order valence-electron chi connectivity index (χ1n) is 16.1. The maximum absolute atomic E-state index is 10.9. The van der Waals surface area contributed by atoms with Gasteiger partial charge in [-0.25, -0.2) is 0 Å². The van der Waals surface area contributed by atoms with Crippen molar-refractivity contribution < 1.29 is 14.3 Å². The van der Waals surface area contributed by atoms with E-state index in [9.17, 15) is 9.59 Å². The van der Waals surface area contributed by atoms with Crippen molar-refractivity contribution in [3.05, 3.63) is 49.1 Å². The number of carbonyl (C=O) groups excluding carboxylic acids is 2. The van der Waals surface area contributed by atoms with Gasteiger partial charge in [0.1, 0.15) is 0 Å². The van der Waals surface area contributed by atoms with E-state index in [1.165, 1.54) is 5.70 Å². The summed E-state index contributed by atoms with van der Waals surface area (Å²) in [5.41, 5.74) is 9.29. The monoisotopic (exact) mass is 677 g/mol. The molecule has 0 aliphatic carbocycles. The van der Waals surface area contributed by atoms with Crippen molar-refractivity contribution >= 4 is 11.8 Å². The molecule has 0 aliphatic heterocycles. The highest BCUT2D eigenvalue weighted by Gasteiger charge is 2.04. The maximum Gasteiger partial charge on any atom is 0.222 e. The standard InChI is InChI=1S/C8H17NO.C7H15NO.C6H13N.C5H11NO.C5H11N.C4H9N.3CH4/c1-5-8(2)9(3)6-7-10-4;1-4-7(9)8(5-2)6-3;1-5-6(2)7(3)4;1-3-5(7)6-4-2;1-4-5(2)6-3;1-3-4(2)5;;;/h2,5-7H2,1,3-4H3;4-6H2,1-3H3;2,5H2,1,3-4H3;3-4H2,1-2H3,(H,6,7);6H,2,4H2,1,3H3;2-3,5H2,1H3;3*1H4. The van der Waals surface area contributed by atoms with Gasteiger partial charge >= 0.3 is 0 Å². The summed E-state index contributed by atoms with van der Waals surface area (Å²) in [4.78, 5) is 27.2. The normalized spacial score (nSPS) is 8.04. The molecule has 0 radical (unpaired) electrons. The molecule has 9 heteroatoms. The van der Waals surface area contributed by atoms with E-state index < -0.39 is 0 Å². The Morgan fingerprint density at radius 2 is 1.13 bits per heavy atom. The van der Waals surface area contributed by atoms with E-state index in [2.05, 4.69) is 62.6 Å². The van der Waals surface area contributed by atoms with Crippen LogP contribution in [0, 0.1) is 0 Å². The van der Waals surface area contributed by atoms with E-state index in [0.29, 0.717) is 12.8 Å². The topological polar surface area (TPSA) is 103 Å². The van der Waals surface area contributed by atoms with Crippen LogP contribution in [0.25, 0.3) is 0 Å².